The number of hydrogen-bond acceptors (Lipinski definition) is 4. The van der Waals surface area contributed by atoms with Gasteiger partial charge in [-0.15, -0.1) is 0 Å². The number of nitrogens with one attached hydrogen (secondary N) is 1. The van der Waals surface area contributed by atoms with Crippen molar-refractivity contribution in [2.24, 2.45) is 5.92 Å². The van der Waals surface area contributed by atoms with Gasteiger partial charge in [-0.05, 0) is 36.8 Å². The molecule has 2 aromatic rings. The molecule has 0 spiro atoms. The minimum absolute atomic E-state index is 0.272. The van der Waals surface area contributed by atoms with Crippen molar-refractivity contribution in [1.82, 2.24) is 19.9 Å². The molecule has 0 aliphatic carbocycles. The Kier molecular flexibility index (Phi) is 4.05. The molecule has 20 heavy (non-hydrogen) atoms. The number of H-pyrrole nitrogens is 1. The lowest BCUT2D eigenvalue weighted by Gasteiger charge is -2.22. The Balaban J connectivity index is 1.85. The zero-order valence-corrected chi connectivity index (χ0v) is 12.5. The molecular formula is C14H20ClN5. The second kappa shape index (κ2) is 5.95. The Hall–Kier alpha value is -1.36. The van der Waals surface area contributed by atoms with Crippen molar-refractivity contribution in [3.05, 3.63) is 11.6 Å². The van der Waals surface area contributed by atoms with Crippen molar-refractivity contribution < 1.29 is 0 Å². The molecule has 108 valence electrons. The van der Waals surface area contributed by atoms with Crippen LogP contribution in [0.15, 0.2) is 6.33 Å². The normalized spacial score (nSPS) is 20.3. The van der Waals surface area contributed by atoms with E-state index in [-0.39, 0.29) is 5.28 Å². The van der Waals surface area contributed by atoms with Gasteiger partial charge in [0.25, 0.3) is 0 Å². The molecule has 1 aliphatic rings. The number of aromatic amines is 1. The number of anilines is 1. The van der Waals surface area contributed by atoms with Crippen LogP contribution in [0.4, 0.5) is 5.82 Å². The molecule has 0 bridgehead atoms. The molecule has 0 radical (unpaired) electrons. The summed E-state index contributed by atoms with van der Waals surface area (Å²) in [5, 5.41) is 0.272. The first kappa shape index (κ1) is 13.6. The number of nitrogens with zero attached hydrogens (tertiary/aromatic N) is 4. The molecule has 1 N–H and O–H groups in total. The largest absolute Gasteiger partial charge is 0.355 e. The smallest absolute Gasteiger partial charge is 0.226 e. The van der Waals surface area contributed by atoms with E-state index in [9.17, 15) is 0 Å². The molecule has 0 amide bonds. The van der Waals surface area contributed by atoms with Gasteiger partial charge in [-0.25, -0.2) is 4.98 Å². The molecule has 3 rings (SSSR count). The highest BCUT2D eigenvalue weighted by Gasteiger charge is 2.20. The first-order valence-corrected chi connectivity index (χ1v) is 7.77. The summed E-state index contributed by atoms with van der Waals surface area (Å²) < 4.78 is 0. The maximum absolute atomic E-state index is 6.02. The Bertz CT molecular complexity index is 582. The summed E-state index contributed by atoms with van der Waals surface area (Å²) in [5.74, 6) is 1.74. The van der Waals surface area contributed by atoms with Gasteiger partial charge in [-0.1, -0.05) is 19.8 Å². The van der Waals surface area contributed by atoms with Crippen LogP contribution in [-0.2, 0) is 0 Å². The Labute approximate surface area is 123 Å². The van der Waals surface area contributed by atoms with E-state index < -0.39 is 0 Å². The van der Waals surface area contributed by atoms with Crippen molar-refractivity contribution in [1.29, 1.82) is 0 Å². The Morgan fingerprint density at radius 1 is 1.35 bits per heavy atom. The lowest BCUT2D eigenvalue weighted by molar-refractivity contribution is 0.435. The van der Waals surface area contributed by atoms with E-state index in [0.29, 0.717) is 5.65 Å². The lowest BCUT2D eigenvalue weighted by atomic mass is 9.96. The first-order valence-electron chi connectivity index (χ1n) is 7.39. The molecule has 1 atom stereocenters. The maximum Gasteiger partial charge on any atom is 0.226 e. The van der Waals surface area contributed by atoms with E-state index in [0.717, 1.165) is 30.3 Å². The molecule has 3 heterocycles. The van der Waals surface area contributed by atoms with Crippen LogP contribution in [-0.4, -0.2) is 33.0 Å². The number of aromatic nitrogens is 4. The second-order valence-corrected chi connectivity index (χ2v) is 5.83. The number of rotatable bonds is 3. The summed E-state index contributed by atoms with van der Waals surface area (Å²) in [6.45, 7) is 4.33. The highest BCUT2D eigenvalue weighted by molar-refractivity contribution is 6.28. The van der Waals surface area contributed by atoms with E-state index >= 15 is 0 Å². The average Bonchev–Trinajstić information content (AvgIpc) is 2.77. The highest BCUT2D eigenvalue weighted by Crippen LogP contribution is 2.28. The van der Waals surface area contributed by atoms with E-state index in [1.165, 1.54) is 32.1 Å². The van der Waals surface area contributed by atoms with Crippen LogP contribution in [0.2, 0.25) is 5.28 Å². The summed E-state index contributed by atoms with van der Waals surface area (Å²) in [5.41, 5.74) is 1.54. The van der Waals surface area contributed by atoms with Crippen molar-refractivity contribution in [2.75, 3.05) is 18.0 Å². The number of hydrogen-bond donors (Lipinski definition) is 1. The predicted octanol–water partition coefficient (Wildman–Crippen LogP) is 3.41. The fourth-order valence-corrected chi connectivity index (χ4v) is 3.26. The third-order valence-corrected chi connectivity index (χ3v) is 4.25. The van der Waals surface area contributed by atoms with Gasteiger partial charge in [0.1, 0.15) is 5.52 Å². The maximum atomic E-state index is 6.02. The summed E-state index contributed by atoms with van der Waals surface area (Å²) in [4.78, 5) is 18.2. The van der Waals surface area contributed by atoms with Gasteiger partial charge in [-0.3, -0.25) is 0 Å². The Morgan fingerprint density at radius 3 is 3.10 bits per heavy atom. The third-order valence-electron chi connectivity index (χ3n) is 4.08. The van der Waals surface area contributed by atoms with Gasteiger partial charge in [-0.2, -0.15) is 9.97 Å². The predicted molar refractivity (Wildman–Crippen MR) is 81.2 cm³/mol. The number of fused-ring (bicyclic) bond motifs is 1. The van der Waals surface area contributed by atoms with Gasteiger partial charge < -0.3 is 9.88 Å². The van der Waals surface area contributed by atoms with Gasteiger partial charge in [0, 0.05) is 13.1 Å². The molecule has 6 heteroatoms. The van der Waals surface area contributed by atoms with Gasteiger partial charge >= 0.3 is 0 Å². The van der Waals surface area contributed by atoms with Gasteiger partial charge in [0.05, 0.1) is 6.33 Å². The summed E-state index contributed by atoms with van der Waals surface area (Å²) >= 11 is 6.02. The van der Waals surface area contributed by atoms with E-state index in [2.05, 4.69) is 31.8 Å². The van der Waals surface area contributed by atoms with E-state index in [1.807, 2.05) is 0 Å². The van der Waals surface area contributed by atoms with Gasteiger partial charge in [0.2, 0.25) is 5.28 Å². The molecule has 5 nitrogen and oxygen atoms in total. The van der Waals surface area contributed by atoms with Crippen molar-refractivity contribution in [3.63, 3.8) is 0 Å². The molecule has 1 unspecified atom stereocenters. The van der Waals surface area contributed by atoms with Crippen molar-refractivity contribution in [3.8, 4) is 0 Å². The minimum atomic E-state index is 0.272. The average molecular weight is 294 g/mol. The van der Waals surface area contributed by atoms with Crippen LogP contribution in [0, 0.1) is 5.92 Å². The molecule has 1 aliphatic heterocycles. The fraction of sp³-hybridized carbons (Fsp3) is 0.643. The second-order valence-electron chi connectivity index (χ2n) is 5.49. The van der Waals surface area contributed by atoms with Crippen LogP contribution in [0.3, 0.4) is 0 Å². The summed E-state index contributed by atoms with van der Waals surface area (Å²) in [6.07, 6.45) is 8.01. The fourth-order valence-electron chi connectivity index (χ4n) is 3.09. The molecule has 1 saturated heterocycles. The summed E-state index contributed by atoms with van der Waals surface area (Å²) in [7, 11) is 0. The zero-order valence-electron chi connectivity index (χ0n) is 11.8. The zero-order chi connectivity index (χ0) is 13.9. The third kappa shape index (κ3) is 2.73. The van der Waals surface area contributed by atoms with Crippen LogP contribution >= 0.6 is 11.6 Å². The van der Waals surface area contributed by atoms with Crippen LogP contribution in [0.25, 0.3) is 11.2 Å². The van der Waals surface area contributed by atoms with Crippen LogP contribution < -0.4 is 4.90 Å². The lowest BCUT2D eigenvalue weighted by Crippen LogP contribution is -2.25. The summed E-state index contributed by atoms with van der Waals surface area (Å²) in [6, 6.07) is 0. The van der Waals surface area contributed by atoms with Crippen molar-refractivity contribution in [2.45, 2.75) is 39.0 Å². The standard InChI is InChI=1S/C14H20ClN5/c1-2-4-10-5-3-7-20(8-6-10)13-11-12(17-9-16-11)18-14(15)19-13/h9-10H,2-8H2,1H3,(H,16,17,18,19). The van der Waals surface area contributed by atoms with Crippen molar-refractivity contribution >= 4 is 28.6 Å². The van der Waals surface area contributed by atoms with Crippen LogP contribution in [0.5, 0.6) is 0 Å². The number of imidazole rings is 1. The topological polar surface area (TPSA) is 57.7 Å². The molecule has 0 aromatic carbocycles. The SMILES string of the molecule is CCCC1CCCN(c2nc(Cl)nc3nc[nH]c23)CC1. The molecule has 2 aromatic heterocycles. The number of halogens is 1. The van der Waals surface area contributed by atoms with E-state index in [1.54, 1.807) is 6.33 Å². The first-order chi connectivity index (χ1) is 9.78. The molecular weight excluding hydrogens is 274 g/mol. The molecule has 1 fully saturated rings. The minimum Gasteiger partial charge on any atom is -0.355 e. The monoisotopic (exact) mass is 293 g/mol. The molecule has 0 saturated carbocycles. The van der Waals surface area contributed by atoms with E-state index in [4.69, 9.17) is 11.6 Å². The van der Waals surface area contributed by atoms with Gasteiger partial charge in [0.15, 0.2) is 11.5 Å². The Morgan fingerprint density at radius 2 is 2.25 bits per heavy atom. The van der Waals surface area contributed by atoms with Crippen LogP contribution in [0.1, 0.15) is 39.0 Å². The quantitative estimate of drug-likeness (QED) is 0.881. The highest BCUT2D eigenvalue weighted by atomic mass is 35.5.